The number of methoxy groups -OCH3 is 2. The first kappa shape index (κ1) is 15.7. The van der Waals surface area contributed by atoms with E-state index in [2.05, 4.69) is 9.47 Å². The number of aromatic hydroxyl groups is 2. The summed E-state index contributed by atoms with van der Waals surface area (Å²) in [4.78, 5) is 0. The molecule has 0 saturated heterocycles. The molecule has 22 heavy (non-hydrogen) atoms. The van der Waals surface area contributed by atoms with Crippen LogP contribution in [0, 0.1) is 23.3 Å². The Bertz CT molecular complexity index is 683. The molecule has 0 saturated carbocycles. The fraction of sp³-hybridized carbons (Fsp3) is 0.143. The zero-order valence-corrected chi connectivity index (χ0v) is 11.4. The normalized spacial score (nSPS) is 10.6. The summed E-state index contributed by atoms with van der Waals surface area (Å²) in [5, 5.41) is 19.0. The van der Waals surface area contributed by atoms with Crippen molar-refractivity contribution < 1.29 is 37.2 Å². The van der Waals surface area contributed by atoms with Gasteiger partial charge in [-0.3, -0.25) is 0 Å². The molecule has 0 radical (unpaired) electrons. The quantitative estimate of drug-likeness (QED) is 0.852. The first-order valence-electron chi connectivity index (χ1n) is 5.83. The van der Waals surface area contributed by atoms with Gasteiger partial charge in [0.25, 0.3) is 0 Å². The fourth-order valence-corrected chi connectivity index (χ4v) is 1.97. The monoisotopic (exact) mass is 318 g/mol. The molecule has 0 aromatic heterocycles. The molecule has 0 heterocycles. The average Bonchev–Trinajstić information content (AvgIpc) is 2.48. The lowest BCUT2D eigenvalue weighted by Gasteiger charge is -2.13. The lowest BCUT2D eigenvalue weighted by atomic mass is 10.0. The maximum absolute atomic E-state index is 14.0. The van der Waals surface area contributed by atoms with Crippen LogP contribution in [-0.4, -0.2) is 24.4 Å². The Labute approximate surface area is 122 Å². The van der Waals surface area contributed by atoms with Gasteiger partial charge >= 0.3 is 0 Å². The largest absolute Gasteiger partial charge is 0.502 e. The highest BCUT2D eigenvalue weighted by atomic mass is 19.1. The SMILES string of the molecule is COc1c(F)cc(-c2cc(F)c(OC)c(O)c2F)c(F)c1O. The lowest BCUT2D eigenvalue weighted by molar-refractivity contribution is 0.335. The summed E-state index contributed by atoms with van der Waals surface area (Å²) in [6.07, 6.45) is 0. The Balaban J connectivity index is 2.78. The van der Waals surface area contributed by atoms with Gasteiger partial charge in [0.05, 0.1) is 14.2 Å². The smallest absolute Gasteiger partial charge is 0.199 e. The van der Waals surface area contributed by atoms with Crippen molar-refractivity contribution in [2.75, 3.05) is 14.2 Å². The Hall–Kier alpha value is -2.64. The van der Waals surface area contributed by atoms with Crippen LogP contribution in [0.3, 0.4) is 0 Å². The van der Waals surface area contributed by atoms with Gasteiger partial charge in [0, 0.05) is 11.1 Å². The summed E-state index contributed by atoms with van der Waals surface area (Å²) >= 11 is 0. The highest BCUT2D eigenvalue weighted by Gasteiger charge is 2.25. The molecule has 0 aliphatic heterocycles. The molecule has 0 aliphatic carbocycles. The third-order valence-electron chi connectivity index (χ3n) is 2.99. The van der Waals surface area contributed by atoms with Crippen LogP contribution >= 0.6 is 0 Å². The highest BCUT2D eigenvalue weighted by molar-refractivity contribution is 5.72. The zero-order chi connectivity index (χ0) is 16.6. The molecule has 8 heteroatoms. The van der Waals surface area contributed by atoms with Gasteiger partial charge in [0.1, 0.15) is 0 Å². The average molecular weight is 318 g/mol. The molecule has 0 spiro atoms. The van der Waals surface area contributed by atoms with Crippen LogP contribution in [0.2, 0.25) is 0 Å². The van der Waals surface area contributed by atoms with E-state index in [4.69, 9.17) is 0 Å². The van der Waals surface area contributed by atoms with Gasteiger partial charge in [0.15, 0.2) is 46.3 Å². The molecule has 0 aliphatic rings. The summed E-state index contributed by atoms with van der Waals surface area (Å²) in [6.45, 7) is 0. The first-order valence-corrected chi connectivity index (χ1v) is 5.83. The van der Waals surface area contributed by atoms with Crippen LogP contribution in [-0.2, 0) is 0 Å². The van der Waals surface area contributed by atoms with Crippen LogP contribution in [0.4, 0.5) is 17.6 Å². The van der Waals surface area contributed by atoms with Gasteiger partial charge in [-0.1, -0.05) is 0 Å². The zero-order valence-electron chi connectivity index (χ0n) is 11.4. The van der Waals surface area contributed by atoms with Crippen molar-refractivity contribution in [2.45, 2.75) is 0 Å². The van der Waals surface area contributed by atoms with Crippen molar-refractivity contribution in [3.8, 4) is 34.1 Å². The molecule has 0 unspecified atom stereocenters. The molecule has 0 fully saturated rings. The van der Waals surface area contributed by atoms with E-state index in [1.807, 2.05) is 0 Å². The molecular formula is C14H10F4O4. The number of ether oxygens (including phenoxy) is 2. The molecule has 118 valence electrons. The van der Waals surface area contributed by atoms with Crippen molar-refractivity contribution in [1.29, 1.82) is 0 Å². The molecule has 0 atom stereocenters. The summed E-state index contributed by atoms with van der Waals surface area (Å²) < 4.78 is 64.4. The molecule has 0 amide bonds. The number of benzene rings is 2. The Morgan fingerprint density at radius 1 is 0.727 bits per heavy atom. The third kappa shape index (κ3) is 2.26. The van der Waals surface area contributed by atoms with Gasteiger partial charge in [-0.25, -0.2) is 17.6 Å². The van der Waals surface area contributed by atoms with E-state index in [9.17, 15) is 27.8 Å². The maximum Gasteiger partial charge on any atom is 0.199 e. The van der Waals surface area contributed by atoms with Crippen molar-refractivity contribution in [3.63, 3.8) is 0 Å². The molecule has 2 aromatic carbocycles. The molecule has 2 N–H and O–H groups in total. The second-order valence-corrected chi connectivity index (χ2v) is 4.20. The van der Waals surface area contributed by atoms with Crippen LogP contribution in [0.25, 0.3) is 11.1 Å². The minimum Gasteiger partial charge on any atom is -0.502 e. The first-order chi connectivity index (χ1) is 10.3. The van der Waals surface area contributed by atoms with E-state index in [1.165, 1.54) is 0 Å². The Kier molecular flexibility index (Phi) is 4.03. The van der Waals surface area contributed by atoms with E-state index >= 15 is 0 Å². The molecule has 2 aromatic rings. The number of halogens is 4. The second kappa shape index (κ2) is 5.63. The molecule has 0 bridgehead atoms. The maximum atomic E-state index is 14.0. The van der Waals surface area contributed by atoms with Crippen molar-refractivity contribution in [2.24, 2.45) is 0 Å². The van der Waals surface area contributed by atoms with Crippen molar-refractivity contribution in [3.05, 3.63) is 35.4 Å². The number of rotatable bonds is 3. The lowest BCUT2D eigenvalue weighted by Crippen LogP contribution is -1.98. The van der Waals surface area contributed by atoms with Crippen molar-refractivity contribution in [1.82, 2.24) is 0 Å². The molecule has 4 nitrogen and oxygen atoms in total. The molecular weight excluding hydrogens is 308 g/mol. The van der Waals surface area contributed by atoms with Crippen LogP contribution in [0.5, 0.6) is 23.0 Å². The van der Waals surface area contributed by atoms with Crippen LogP contribution in [0.1, 0.15) is 0 Å². The predicted octanol–water partition coefficient (Wildman–Crippen LogP) is 3.34. The van der Waals surface area contributed by atoms with Crippen LogP contribution in [0.15, 0.2) is 12.1 Å². The van der Waals surface area contributed by atoms with E-state index in [1.54, 1.807) is 0 Å². The van der Waals surface area contributed by atoms with Gasteiger partial charge in [-0.2, -0.15) is 0 Å². The van der Waals surface area contributed by atoms with E-state index in [-0.39, 0.29) is 0 Å². The number of hydrogen-bond acceptors (Lipinski definition) is 4. The second-order valence-electron chi connectivity index (χ2n) is 4.20. The van der Waals surface area contributed by atoms with Crippen LogP contribution < -0.4 is 9.47 Å². The van der Waals surface area contributed by atoms with Gasteiger partial charge in [0.2, 0.25) is 0 Å². The van der Waals surface area contributed by atoms with Crippen molar-refractivity contribution >= 4 is 0 Å². The number of phenolic OH excluding ortho intramolecular Hbond substituents is 2. The fourth-order valence-electron chi connectivity index (χ4n) is 1.97. The highest BCUT2D eigenvalue weighted by Crippen LogP contribution is 2.43. The number of hydrogen-bond donors (Lipinski definition) is 2. The van der Waals surface area contributed by atoms with E-state index < -0.39 is 57.4 Å². The molecule has 2 rings (SSSR count). The van der Waals surface area contributed by atoms with Gasteiger partial charge in [-0.05, 0) is 12.1 Å². The summed E-state index contributed by atoms with van der Waals surface area (Å²) in [7, 11) is 1.99. The summed E-state index contributed by atoms with van der Waals surface area (Å²) in [6, 6.07) is 1.02. The topological polar surface area (TPSA) is 58.9 Å². The van der Waals surface area contributed by atoms with E-state index in [0.29, 0.717) is 12.1 Å². The minimum absolute atomic E-state index is 0.512. The summed E-state index contributed by atoms with van der Waals surface area (Å²) in [5.74, 6) is -9.19. The summed E-state index contributed by atoms with van der Waals surface area (Å²) in [5.41, 5.74) is -1.57. The standard InChI is InChI=1S/C14H10F4O4/c1-21-13-7(15)3-5(9(17)11(13)19)6-4-8(16)14(22-2)12(20)10(6)18/h3-4,19-20H,1-2H3. The Morgan fingerprint density at radius 2 is 1.05 bits per heavy atom. The Morgan fingerprint density at radius 3 is 1.32 bits per heavy atom. The van der Waals surface area contributed by atoms with Gasteiger partial charge < -0.3 is 19.7 Å². The third-order valence-corrected chi connectivity index (χ3v) is 2.99. The van der Waals surface area contributed by atoms with Gasteiger partial charge in [-0.15, -0.1) is 0 Å². The minimum atomic E-state index is -1.43. The number of phenols is 2. The van der Waals surface area contributed by atoms with E-state index in [0.717, 1.165) is 14.2 Å². The predicted molar refractivity (Wildman–Crippen MR) is 68.1 cm³/mol.